The molecular weight excluding hydrogens is 533 g/mol. The molecule has 0 bridgehead atoms. The molecule has 3 aliphatic rings. The fourth-order valence-corrected chi connectivity index (χ4v) is 5.25. The van der Waals surface area contributed by atoms with Crippen molar-refractivity contribution in [3.8, 4) is 5.69 Å². The van der Waals surface area contributed by atoms with Crippen LogP contribution in [0.25, 0.3) is 5.69 Å². The van der Waals surface area contributed by atoms with Gasteiger partial charge in [0, 0.05) is 38.0 Å². The highest BCUT2D eigenvalue weighted by Gasteiger charge is 2.39. The molecule has 0 saturated carbocycles. The first-order chi connectivity index (χ1) is 18.7. The Morgan fingerprint density at radius 1 is 1.23 bits per heavy atom. The highest BCUT2D eigenvalue weighted by Crippen LogP contribution is 2.30. The van der Waals surface area contributed by atoms with E-state index in [1.54, 1.807) is 15.6 Å². The molecule has 0 aliphatic carbocycles. The standard InChI is InChI=1S/C24H30N6O3.C2HF3O2/c1-24(2)9-3-10-28(15-24)11-8-17-14-30(27-26-17)18-4-5-19-16(12-18)13-29(23(19)33)20-6-7-21(31)25-22(20)32;3-2(4,5)1(6)7/h4-5,12,14,20H,3,6-11,13,15H2,1-2H3,(H,25,31,32);(H,6,7). The lowest BCUT2D eigenvalue weighted by atomic mass is 9.84. The Kier molecular flexibility index (Phi) is 8.28. The quantitative estimate of drug-likeness (QED) is 0.528. The van der Waals surface area contributed by atoms with Crippen molar-refractivity contribution in [1.29, 1.82) is 0 Å². The number of fused-ring (bicyclic) bond motifs is 1. The average molecular weight is 565 g/mol. The van der Waals surface area contributed by atoms with E-state index in [0.29, 0.717) is 23.9 Å². The zero-order valence-electron chi connectivity index (χ0n) is 22.2. The summed E-state index contributed by atoms with van der Waals surface area (Å²) < 4.78 is 33.5. The van der Waals surface area contributed by atoms with Crippen LogP contribution in [0.5, 0.6) is 0 Å². The number of benzene rings is 1. The number of imide groups is 1. The number of aliphatic carboxylic acids is 1. The number of aromatic nitrogens is 3. The molecule has 3 aliphatic heterocycles. The molecule has 40 heavy (non-hydrogen) atoms. The van der Waals surface area contributed by atoms with Crippen molar-refractivity contribution >= 4 is 23.7 Å². The van der Waals surface area contributed by atoms with E-state index in [1.807, 2.05) is 18.3 Å². The lowest BCUT2D eigenvalue weighted by molar-refractivity contribution is -0.192. The molecule has 1 aromatic carbocycles. The Morgan fingerprint density at radius 2 is 1.95 bits per heavy atom. The summed E-state index contributed by atoms with van der Waals surface area (Å²) in [6.07, 6.45) is 0.843. The van der Waals surface area contributed by atoms with Crippen LogP contribution in [-0.4, -0.2) is 85.4 Å². The second-order valence-corrected chi connectivity index (χ2v) is 11.0. The number of carbonyl (C=O) groups is 4. The number of piperidine rings is 2. The second-order valence-electron chi connectivity index (χ2n) is 11.0. The molecule has 1 atom stereocenters. The van der Waals surface area contributed by atoms with Crippen LogP contribution in [0.1, 0.15) is 61.1 Å². The number of halogens is 3. The van der Waals surface area contributed by atoms with Crippen LogP contribution in [0, 0.1) is 5.41 Å². The molecule has 2 saturated heterocycles. The molecule has 1 unspecified atom stereocenters. The Hall–Kier alpha value is -3.81. The lowest BCUT2D eigenvalue weighted by Gasteiger charge is -2.37. The number of nitrogens with one attached hydrogen (secondary N) is 1. The van der Waals surface area contributed by atoms with Crippen molar-refractivity contribution in [3.63, 3.8) is 0 Å². The predicted octanol–water partition coefficient (Wildman–Crippen LogP) is 2.33. The molecule has 14 heteroatoms. The first kappa shape index (κ1) is 29.2. The maximum absolute atomic E-state index is 12.9. The number of likely N-dealkylation sites (tertiary alicyclic amines) is 1. The molecular formula is C26H31F3N6O5. The molecule has 0 spiro atoms. The van der Waals surface area contributed by atoms with Crippen molar-refractivity contribution in [2.75, 3.05) is 19.6 Å². The SMILES string of the molecule is CC1(C)CCCN(CCc2cn(-c3ccc4c(c3)CN(C3CCC(=O)NC3=O)C4=O)nn2)C1.O=C(O)C(F)(F)F. The monoisotopic (exact) mass is 564 g/mol. The first-order valence-corrected chi connectivity index (χ1v) is 13.0. The Bertz CT molecular complexity index is 1310. The van der Waals surface area contributed by atoms with Gasteiger partial charge in [-0.25, -0.2) is 9.48 Å². The van der Waals surface area contributed by atoms with Gasteiger partial charge in [-0.3, -0.25) is 19.7 Å². The summed E-state index contributed by atoms with van der Waals surface area (Å²) in [5.74, 6) is -3.61. The van der Waals surface area contributed by atoms with E-state index in [2.05, 4.69) is 34.4 Å². The van der Waals surface area contributed by atoms with Gasteiger partial charge in [-0.1, -0.05) is 19.1 Å². The molecule has 216 valence electrons. The number of hydrogen-bond donors (Lipinski definition) is 2. The van der Waals surface area contributed by atoms with Crippen molar-refractivity contribution in [3.05, 3.63) is 41.2 Å². The zero-order chi connectivity index (χ0) is 29.2. The first-order valence-electron chi connectivity index (χ1n) is 13.0. The fourth-order valence-electron chi connectivity index (χ4n) is 5.25. The number of carboxylic acids is 1. The van der Waals surface area contributed by atoms with Crippen LogP contribution >= 0.6 is 0 Å². The van der Waals surface area contributed by atoms with Gasteiger partial charge in [0.25, 0.3) is 5.91 Å². The van der Waals surface area contributed by atoms with Gasteiger partial charge in [-0.2, -0.15) is 13.2 Å². The van der Waals surface area contributed by atoms with Gasteiger partial charge in [0.05, 0.1) is 17.6 Å². The van der Waals surface area contributed by atoms with Gasteiger partial charge >= 0.3 is 12.1 Å². The number of amides is 3. The van der Waals surface area contributed by atoms with Crippen molar-refractivity contribution in [2.45, 2.75) is 64.7 Å². The average Bonchev–Trinajstić information content (AvgIpc) is 3.46. The minimum Gasteiger partial charge on any atom is -0.475 e. The van der Waals surface area contributed by atoms with Crippen LogP contribution < -0.4 is 5.32 Å². The van der Waals surface area contributed by atoms with Crippen LogP contribution in [-0.2, 0) is 27.3 Å². The smallest absolute Gasteiger partial charge is 0.475 e. The van der Waals surface area contributed by atoms with E-state index in [4.69, 9.17) is 9.90 Å². The number of hydrogen-bond acceptors (Lipinski definition) is 7. The number of carbonyl (C=O) groups excluding carboxylic acids is 3. The molecule has 2 aromatic rings. The van der Waals surface area contributed by atoms with Crippen molar-refractivity contribution < 1.29 is 37.5 Å². The summed E-state index contributed by atoms with van der Waals surface area (Å²) in [6.45, 7) is 8.23. The Labute approximate surface area is 228 Å². The van der Waals surface area contributed by atoms with E-state index in [0.717, 1.165) is 43.0 Å². The number of carboxylic acid groups (broad SMARTS) is 1. The van der Waals surface area contributed by atoms with Gasteiger partial charge < -0.3 is 14.9 Å². The van der Waals surface area contributed by atoms with Gasteiger partial charge in [-0.05, 0) is 55.0 Å². The summed E-state index contributed by atoms with van der Waals surface area (Å²) >= 11 is 0. The largest absolute Gasteiger partial charge is 0.490 e. The van der Waals surface area contributed by atoms with Gasteiger partial charge in [0.15, 0.2) is 0 Å². The molecule has 1 aromatic heterocycles. The zero-order valence-corrected chi connectivity index (χ0v) is 22.2. The normalized spacial score (nSPS) is 21.0. The minimum absolute atomic E-state index is 0.171. The highest BCUT2D eigenvalue weighted by atomic mass is 19.4. The van der Waals surface area contributed by atoms with E-state index in [1.165, 1.54) is 12.8 Å². The van der Waals surface area contributed by atoms with E-state index < -0.39 is 24.1 Å². The van der Waals surface area contributed by atoms with Gasteiger partial charge in [0.1, 0.15) is 6.04 Å². The Morgan fingerprint density at radius 3 is 2.60 bits per heavy atom. The molecule has 4 heterocycles. The highest BCUT2D eigenvalue weighted by molar-refractivity contribution is 6.05. The van der Waals surface area contributed by atoms with Crippen LogP contribution in [0.2, 0.25) is 0 Å². The summed E-state index contributed by atoms with van der Waals surface area (Å²) in [7, 11) is 0. The minimum atomic E-state index is -5.08. The molecule has 5 rings (SSSR count). The number of nitrogens with zero attached hydrogens (tertiary/aromatic N) is 5. The fraction of sp³-hybridized carbons (Fsp3) is 0.538. The number of alkyl halides is 3. The second kappa shape index (κ2) is 11.4. The van der Waals surface area contributed by atoms with Crippen LogP contribution in [0.4, 0.5) is 13.2 Å². The van der Waals surface area contributed by atoms with E-state index in [-0.39, 0.29) is 18.2 Å². The molecule has 2 N–H and O–H groups in total. The summed E-state index contributed by atoms with van der Waals surface area (Å²) in [6, 6.07) is 4.97. The topological polar surface area (TPSA) is 138 Å². The van der Waals surface area contributed by atoms with Crippen molar-refractivity contribution in [1.82, 2.24) is 30.1 Å². The molecule has 0 radical (unpaired) electrons. The third kappa shape index (κ3) is 6.84. The maximum Gasteiger partial charge on any atom is 0.490 e. The molecule has 11 nitrogen and oxygen atoms in total. The predicted molar refractivity (Wildman–Crippen MR) is 134 cm³/mol. The summed E-state index contributed by atoms with van der Waals surface area (Å²) in [5.41, 5.74) is 3.61. The Balaban J connectivity index is 0.000000470. The van der Waals surface area contributed by atoms with Crippen LogP contribution in [0.15, 0.2) is 24.4 Å². The number of rotatable bonds is 5. The summed E-state index contributed by atoms with van der Waals surface area (Å²) in [5, 5.41) is 18.1. The summed E-state index contributed by atoms with van der Waals surface area (Å²) in [4.78, 5) is 49.5. The van der Waals surface area contributed by atoms with E-state index >= 15 is 0 Å². The third-order valence-corrected chi connectivity index (χ3v) is 7.22. The molecule has 2 fully saturated rings. The lowest BCUT2D eigenvalue weighted by Crippen LogP contribution is -2.52. The van der Waals surface area contributed by atoms with Gasteiger partial charge in [0.2, 0.25) is 11.8 Å². The maximum atomic E-state index is 12.9. The van der Waals surface area contributed by atoms with Crippen molar-refractivity contribution in [2.24, 2.45) is 5.41 Å². The third-order valence-electron chi connectivity index (χ3n) is 7.22. The van der Waals surface area contributed by atoms with Crippen LogP contribution in [0.3, 0.4) is 0 Å². The molecule has 3 amide bonds. The van der Waals surface area contributed by atoms with E-state index in [9.17, 15) is 27.6 Å². The van der Waals surface area contributed by atoms with Gasteiger partial charge in [-0.15, -0.1) is 5.10 Å².